The van der Waals surface area contributed by atoms with Gasteiger partial charge in [-0.1, -0.05) is 77.2 Å². The summed E-state index contributed by atoms with van der Waals surface area (Å²) < 4.78 is 1.57. The quantitative estimate of drug-likeness (QED) is 0.441. The summed E-state index contributed by atoms with van der Waals surface area (Å²) in [6.07, 6.45) is 0. The van der Waals surface area contributed by atoms with Gasteiger partial charge in [-0.3, -0.25) is 0 Å². The second-order valence-corrected chi connectivity index (χ2v) is 6.18. The Labute approximate surface area is 147 Å². The number of nitrogens with zero attached hydrogens (tertiary/aromatic N) is 5. The minimum absolute atomic E-state index is 0.146. The van der Waals surface area contributed by atoms with Crippen molar-refractivity contribution in [3.8, 4) is 0 Å². The second-order valence-electron chi connectivity index (χ2n) is 5.20. The molecule has 8 heteroatoms. The number of nitrogens with two attached hydrogens (primary N) is 1. The summed E-state index contributed by atoms with van der Waals surface area (Å²) in [4.78, 5) is 6.19. The van der Waals surface area contributed by atoms with E-state index in [0.717, 1.165) is 16.8 Å². The van der Waals surface area contributed by atoms with Crippen molar-refractivity contribution in [2.75, 3.05) is 5.73 Å². The Morgan fingerprint density at radius 3 is 2.28 bits per heavy atom. The molecule has 4 aromatic rings. The average Bonchev–Trinajstić information content (AvgIpc) is 3.20. The molecular formula is C17H14N6OS. The Balaban J connectivity index is 1.61. The third kappa shape index (κ3) is 3.20. The number of fused-ring (bicyclic) bond motifs is 1. The molecule has 2 heterocycles. The molecule has 2 aromatic carbocycles. The first-order valence-corrected chi connectivity index (χ1v) is 8.40. The molecule has 2 N–H and O–H groups in total. The Hall–Kier alpha value is -3.26. The molecule has 0 amide bonds. The molecule has 0 fully saturated rings. The maximum Gasteiger partial charge on any atom is 0.236 e. The van der Waals surface area contributed by atoms with E-state index in [1.54, 1.807) is 4.52 Å². The van der Waals surface area contributed by atoms with E-state index in [0.29, 0.717) is 15.9 Å². The zero-order valence-corrected chi connectivity index (χ0v) is 13.9. The number of anilines is 1. The second kappa shape index (κ2) is 6.70. The van der Waals surface area contributed by atoms with Crippen LogP contribution in [0.5, 0.6) is 0 Å². The number of aromatic nitrogens is 4. The summed E-state index contributed by atoms with van der Waals surface area (Å²) in [5.41, 5.74) is 8.37. The predicted octanol–water partition coefficient (Wildman–Crippen LogP) is 2.74. The molecular weight excluding hydrogens is 336 g/mol. The zero-order valence-electron chi connectivity index (χ0n) is 13.1. The molecule has 124 valence electrons. The minimum atomic E-state index is 0.146. The fraction of sp³-hybridized carbons (Fsp3) is 0.0588. The van der Waals surface area contributed by atoms with E-state index in [4.69, 9.17) is 10.6 Å². The highest BCUT2D eigenvalue weighted by Gasteiger charge is 2.11. The van der Waals surface area contributed by atoms with E-state index < -0.39 is 0 Å². The van der Waals surface area contributed by atoms with Crippen molar-refractivity contribution in [1.29, 1.82) is 0 Å². The predicted molar refractivity (Wildman–Crippen MR) is 96.4 cm³/mol. The van der Waals surface area contributed by atoms with E-state index >= 15 is 0 Å². The Morgan fingerprint density at radius 1 is 1.00 bits per heavy atom. The van der Waals surface area contributed by atoms with E-state index in [-0.39, 0.29) is 6.61 Å². The zero-order chi connectivity index (χ0) is 17.1. The maximum absolute atomic E-state index is 5.68. The molecule has 0 spiro atoms. The van der Waals surface area contributed by atoms with Gasteiger partial charge in [-0.05, 0) is 0 Å². The summed E-state index contributed by atoms with van der Waals surface area (Å²) in [7, 11) is 0. The molecule has 0 aliphatic rings. The van der Waals surface area contributed by atoms with E-state index in [2.05, 4.69) is 20.5 Å². The highest BCUT2D eigenvalue weighted by atomic mass is 32.1. The molecule has 0 saturated heterocycles. The maximum atomic E-state index is 5.68. The number of oxime groups is 1. The van der Waals surface area contributed by atoms with Crippen molar-refractivity contribution < 1.29 is 4.84 Å². The number of hydrogen-bond donors (Lipinski definition) is 1. The van der Waals surface area contributed by atoms with Crippen molar-refractivity contribution in [3.05, 3.63) is 77.6 Å². The average molecular weight is 350 g/mol. The number of benzene rings is 2. The van der Waals surface area contributed by atoms with Crippen LogP contribution < -0.4 is 5.73 Å². The summed E-state index contributed by atoms with van der Waals surface area (Å²) in [6, 6.07) is 19.8. The molecule has 2 aromatic heterocycles. The molecule has 0 atom stereocenters. The van der Waals surface area contributed by atoms with Crippen molar-refractivity contribution in [3.63, 3.8) is 0 Å². The summed E-state index contributed by atoms with van der Waals surface area (Å²) in [5.74, 6) is 0.548. The lowest BCUT2D eigenvalue weighted by atomic mass is 10.0. The smallest absolute Gasteiger partial charge is 0.236 e. The van der Waals surface area contributed by atoms with Crippen molar-refractivity contribution >= 4 is 27.1 Å². The Kier molecular flexibility index (Phi) is 4.09. The van der Waals surface area contributed by atoms with Crippen LogP contribution in [0.2, 0.25) is 0 Å². The van der Waals surface area contributed by atoms with Gasteiger partial charge in [-0.2, -0.15) is 4.52 Å². The number of hydrogen-bond acceptors (Lipinski definition) is 7. The van der Waals surface area contributed by atoms with Crippen LogP contribution in [0.15, 0.2) is 65.8 Å². The van der Waals surface area contributed by atoms with Crippen molar-refractivity contribution in [2.24, 2.45) is 5.16 Å². The van der Waals surface area contributed by atoms with Crippen LogP contribution in [0.25, 0.3) is 4.96 Å². The van der Waals surface area contributed by atoms with Gasteiger partial charge in [0.1, 0.15) is 5.71 Å². The number of rotatable bonds is 5. The highest BCUT2D eigenvalue weighted by Crippen LogP contribution is 2.16. The monoisotopic (exact) mass is 350 g/mol. The van der Waals surface area contributed by atoms with Gasteiger partial charge in [0, 0.05) is 11.1 Å². The molecule has 0 saturated carbocycles. The Bertz CT molecular complexity index is 968. The van der Waals surface area contributed by atoms with Crippen LogP contribution in [0.1, 0.15) is 17.0 Å². The molecule has 0 unspecified atom stereocenters. The normalized spacial score (nSPS) is 10.7. The first kappa shape index (κ1) is 15.3. The SMILES string of the molecule is Nc1nn2c(CON=C(c3ccccc3)c3ccccc3)nnc2s1. The van der Waals surface area contributed by atoms with Gasteiger partial charge in [0.15, 0.2) is 12.4 Å². The van der Waals surface area contributed by atoms with E-state index in [1.165, 1.54) is 11.3 Å². The fourth-order valence-electron chi connectivity index (χ4n) is 2.38. The van der Waals surface area contributed by atoms with Crippen molar-refractivity contribution in [1.82, 2.24) is 19.8 Å². The van der Waals surface area contributed by atoms with Gasteiger partial charge in [0.05, 0.1) is 0 Å². The molecule has 0 aliphatic carbocycles. The first-order chi connectivity index (χ1) is 12.3. The summed E-state index contributed by atoms with van der Waals surface area (Å²) in [6.45, 7) is 0.146. The molecule has 7 nitrogen and oxygen atoms in total. The van der Waals surface area contributed by atoms with Crippen LogP contribution in [-0.2, 0) is 11.4 Å². The standard InChI is InChI=1S/C17H14N6OS/c18-16-21-23-14(19-20-17(23)25-16)11-24-22-15(12-7-3-1-4-8-12)13-9-5-2-6-10-13/h1-10H,11H2,(H2,18,21). The third-order valence-electron chi connectivity index (χ3n) is 3.52. The van der Waals surface area contributed by atoms with E-state index in [9.17, 15) is 0 Å². The van der Waals surface area contributed by atoms with Gasteiger partial charge < -0.3 is 10.6 Å². The van der Waals surface area contributed by atoms with Gasteiger partial charge in [0.25, 0.3) is 0 Å². The topological polar surface area (TPSA) is 90.7 Å². The van der Waals surface area contributed by atoms with Crippen LogP contribution >= 0.6 is 11.3 Å². The van der Waals surface area contributed by atoms with Crippen LogP contribution in [0.3, 0.4) is 0 Å². The minimum Gasteiger partial charge on any atom is -0.387 e. The van der Waals surface area contributed by atoms with Gasteiger partial charge in [-0.25, -0.2) is 0 Å². The molecule has 4 rings (SSSR count). The fourth-order valence-corrected chi connectivity index (χ4v) is 3.00. The highest BCUT2D eigenvalue weighted by molar-refractivity contribution is 7.20. The van der Waals surface area contributed by atoms with E-state index in [1.807, 2.05) is 60.7 Å². The first-order valence-electron chi connectivity index (χ1n) is 7.58. The number of nitrogen functional groups attached to an aromatic ring is 1. The van der Waals surface area contributed by atoms with Crippen LogP contribution in [0.4, 0.5) is 5.13 Å². The van der Waals surface area contributed by atoms with Gasteiger partial charge in [-0.15, -0.1) is 15.3 Å². The lowest BCUT2D eigenvalue weighted by Crippen LogP contribution is -2.05. The van der Waals surface area contributed by atoms with Crippen LogP contribution in [-0.4, -0.2) is 25.5 Å². The van der Waals surface area contributed by atoms with Gasteiger partial charge in [0.2, 0.25) is 10.1 Å². The molecule has 0 aliphatic heterocycles. The molecule has 0 bridgehead atoms. The molecule has 0 radical (unpaired) electrons. The lowest BCUT2D eigenvalue weighted by molar-refractivity contribution is 0.123. The largest absolute Gasteiger partial charge is 0.387 e. The van der Waals surface area contributed by atoms with Crippen LogP contribution in [0, 0.1) is 0 Å². The van der Waals surface area contributed by atoms with Gasteiger partial charge >= 0.3 is 0 Å². The molecule has 25 heavy (non-hydrogen) atoms. The summed E-state index contributed by atoms with van der Waals surface area (Å²) in [5, 5.41) is 17.0. The third-order valence-corrected chi connectivity index (χ3v) is 4.24. The van der Waals surface area contributed by atoms with Crippen molar-refractivity contribution in [2.45, 2.75) is 6.61 Å². The Morgan fingerprint density at radius 2 is 1.64 bits per heavy atom. The lowest BCUT2D eigenvalue weighted by Gasteiger charge is -2.07. The summed E-state index contributed by atoms with van der Waals surface area (Å²) >= 11 is 1.27.